The molecular formula is C17H18F4N6O. The molecule has 150 valence electrons. The van der Waals surface area contributed by atoms with Gasteiger partial charge < -0.3 is 20.9 Å². The van der Waals surface area contributed by atoms with E-state index >= 15 is 0 Å². The highest BCUT2D eigenvalue weighted by Gasteiger charge is 2.33. The van der Waals surface area contributed by atoms with E-state index in [-0.39, 0.29) is 23.0 Å². The van der Waals surface area contributed by atoms with Gasteiger partial charge in [0.1, 0.15) is 6.54 Å². The summed E-state index contributed by atoms with van der Waals surface area (Å²) in [6.45, 7) is 2.86. The zero-order valence-electron chi connectivity index (χ0n) is 14.7. The molecule has 4 N–H and O–H groups in total. The first-order valence-electron chi connectivity index (χ1n) is 8.43. The summed E-state index contributed by atoms with van der Waals surface area (Å²) in [6.07, 6.45) is -0.916. The third kappa shape index (κ3) is 4.24. The van der Waals surface area contributed by atoms with Crippen molar-refractivity contribution < 1.29 is 17.6 Å². The maximum Gasteiger partial charge on any atom is 0.405 e. The first-order chi connectivity index (χ1) is 13.2. The predicted molar refractivity (Wildman–Crippen MR) is 96.0 cm³/mol. The standard InChI is InChI=1S/C17H18F4N6O/c1-9(25-8-17(19,20)21)13-3-2-4-27(13)15-11(18)7-23-14(26-15)10-5-12(22)16(28)24-6-10/h5-7,13,25H,1-4,8,22H2,(H,24,28)/t13-/m1/s1. The normalized spacial score (nSPS) is 17.0. The third-order valence-electron chi connectivity index (χ3n) is 4.36. The molecule has 0 spiro atoms. The molecule has 1 aliphatic rings. The van der Waals surface area contributed by atoms with E-state index in [2.05, 4.69) is 26.8 Å². The van der Waals surface area contributed by atoms with Crippen LogP contribution in [-0.4, -0.2) is 40.3 Å². The summed E-state index contributed by atoms with van der Waals surface area (Å²) in [5.41, 5.74) is 5.58. The molecule has 0 aliphatic carbocycles. The maximum atomic E-state index is 14.4. The van der Waals surface area contributed by atoms with E-state index < -0.39 is 30.1 Å². The van der Waals surface area contributed by atoms with E-state index in [0.29, 0.717) is 24.9 Å². The lowest BCUT2D eigenvalue weighted by Crippen LogP contribution is -2.39. The maximum absolute atomic E-state index is 14.4. The molecule has 0 unspecified atom stereocenters. The number of nitrogens with two attached hydrogens (primary N) is 1. The monoisotopic (exact) mass is 398 g/mol. The van der Waals surface area contributed by atoms with Gasteiger partial charge in [0.15, 0.2) is 17.5 Å². The zero-order chi connectivity index (χ0) is 20.5. The molecule has 1 saturated heterocycles. The van der Waals surface area contributed by atoms with Crippen LogP contribution >= 0.6 is 0 Å². The van der Waals surface area contributed by atoms with Gasteiger partial charge in [-0.1, -0.05) is 6.58 Å². The molecule has 11 heteroatoms. The van der Waals surface area contributed by atoms with Gasteiger partial charge in [0.25, 0.3) is 5.56 Å². The molecule has 2 aromatic heterocycles. The van der Waals surface area contributed by atoms with Gasteiger partial charge in [-0.25, -0.2) is 14.4 Å². The number of H-pyrrole nitrogens is 1. The Morgan fingerprint density at radius 3 is 2.89 bits per heavy atom. The van der Waals surface area contributed by atoms with Gasteiger partial charge in [0, 0.05) is 24.0 Å². The molecular weight excluding hydrogens is 380 g/mol. The summed E-state index contributed by atoms with van der Waals surface area (Å²) in [6, 6.07) is 0.821. The zero-order valence-corrected chi connectivity index (χ0v) is 14.7. The Bertz CT molecular complexity index is 942. The number of pyridine rings is 1. The molecule has 3 heterocycles. The van der Waals surface area contributed by atoms with Crippen LogP contribution in [0.4, 0.5) is 29.1 Å². The molecule has 1 atom stereocenters. The van der Waals surface area contributed by atoms with Crippen molar-refractivity contribution in [2.75, 3.05) is 23.7 Å². The molecule has 0 radical (unpaired) electrons. The van der Waals surface area contributed by atoms with E-state index in [1.165, 1.54) is 12.3 Å². The number of rotatable bonds is 5. The van der Waals surface area contributed by atoms with Gasteiger partial charge >= 0.3 is 6.18 Å². The molecule has 7 nitrogen and oxygen atoms in total. The van der Waals surface area contributed by atoms with Crippen molar-refractivity contribution in [1.82, 2.24) is 20.3 Å². The fourth-order valence-corrected chi connectivity index (χ4v) is 3.04. The number of hydrogen-bond acceptors (Lipinski definition) is 6. The summed E-state index contributed by atoms with van der Waals surface area (Å²) in [4.78, 5) is 23.5. The quantitative estimate of drug-likeness (QED) is 0.668. The van der Waals surface area contributed by atoms with Crippen LogP contribution < -0.4 is 21.5 Å². The highest BCUT2D eigenvalue weighted by Crippen LogP contribution is 2.30. The fourth-order valence-electron chi connectivity index (χ4n) is 3.04. The van der Waals surface area contributed by atoms with Gasteiger partial charge in [-0.3, -0.25) is 4.79 Å². The van der Waals surface area contributed by atoms with E-state index in [0.717, 1.165) is 6.20 Å². The number of aromatic nitrogens is 3. The number of alkyl halides is 3. The second-order valence-electron chi connectivity index (χ2n) is 6.38. The van der Waals surface area contributed by atoms with Crippen LogP contribution in [0.25, 0.3) is 11.4 Å². The first-order valence-corrected chi connectivity index (χ1v) is 8.43. The second-order valence-corrected chi connectivity index (χ2v) is 6.38. The molecule has 1 fully saturated rings. The number of nitrogens with one attached hydrogen (secondary N) is 2. The number of hydrogen-bond donors (Lipinski definition) is 3. The van der Waals surface area contributed by atoms with Crippen LogP contribution in [0.2, 0.25) is 0 Å². The summed E-state index contributed by atoms with van der Waals surface area (Å²) in [5, 5.41) is 2.26. The van der Waals surface area contributed by atoms with Crippen molar-refractivity contribution in [3.63, 3.8) is 0 Å². The van der Waals surface area contributed by atoms with Crippen molar-refractivity contribution in [3.8, 4) is 11.4 Å². The minimum absolute atomic E-state index is 0.0456. The molecule has 0 aromatic carbocycles. The summed E-state index contributed by atoms with van der Waals surface area (Å²) in [5.74, 6) is -0.636. The summed E-state index contributed by atoms with van der Waals surface area (Å²) >= 11 is 0. The van der Waals surface area contributed by atoms with E-state index in [1.54, 1.807) is 4.90 Å². The van der Waals surface area contributed by atoms with Crippen LogP contribution in [0.5, 0.6) is 0 Å². The van der Waals surface area contributed by atoms with Crippen molar-refractivity contribution in [2.45, 2.75) is 25.1 Å². The summed E-state index contributed by atoms with van der Waals surface area (Å²) < 4.78 is 51.8. The Kier molecular flexibility index (Phi) is 5.25. The largest absolute Gasteiger partial charge is 0.405 e. The number of halogens is 4. The van der Waals surface area contributed by atoms with Crippen molar-refractivity contribution in [3.05, 3.63) is 46.9 Å². The SMILES string of the molecule is C=C(NCC(F)(F)F)[C@H]1CCCN1c1nc(-c2c[nH]c(=O)c(N)c2)ncc1F. The third-order valence-corrected chi connectivity index (χ3v) is 4.36. The number of nitrogen functional groups attached to an aromatic ring is 1. The van der Waals surface area contributed by atoms with Crippen LogP contribution in [0.1, 0.15) is 12.8 Å². The van der Waals surface area contributed by atoms with E-state index in [9.17, 15) is 22.4 Å². The minimum atomic E-state index is -4.39. The second kappa shape index (κ2) is 7.49. The average Bonchev–Trinajstić information content (AvgIpc) is 3.11. The van der Waals surface area contributed by atoms with E-state index in [1.807, 2.05) is 0 Å². The first kappa shape index (κ1) is 19.6. The highest BCUT2D eigenvalue weighted by atomic mass is 19.4. The smallest absolute Gasteiger partial charge is 0.394 e. The van der Waals surface area contributed by atoms with Crippen molar-refractivity contribution >= 4 is 11.5 Å². The average molecular weight is 398 g/mol. The van der Waals surface area contributed by atoms with Gasteiger partial charge in [-0.15, -0.1) is 0 Å². The topological polar surface area (TPSA) is 99.9 Å². The molecule has 28 heavy (non-hydrogen) atoms. The van der Waals surface area contributed by atoms with Gasteiger partial charge in [-0.2, -0.15) is 13.2 Å². The molecule has 0 saturated carbocycles. The van der Waals surface area contributed by atoms with Crippen LogP contribution in [0.15, 0.2) is 35.5 Å². The number of aromatic amines is 1. The van der Waals surface area contributed by atoms with Crippen LogP contribution in [-0.2, 0) is 0 Å². The Labute approximate surface area is 157 Å². The van der Waals surface area contributed by atoms with Crippen LogP contribution in [0.3, 0.4) is 0 Å². The lowest BCUT2D eigenvalue weighted by Gasteiger charge is -2.28. The van der Waals surface area contributed by atoms with Gasteiger partial charge in [0.2, 0.25) is 0 Å². The molecule has 2 aromatic rings. The van der Waals surface area contributed by atoms with Crippen molar-refractivity contribution in [2.24, 2.45) is 0 Å². The molecule has 0 bridgehead atoms. The molecule has 1 aliphatic heterocycles. The Balaban J connectivity index is 1.88. The fraction of sp³-hybridized carbons (Fsp3) is 0.353. The Hall–Kier alpha value is -3.11. The highest BCUT2D eigenvalue weighted by molar-refractivity contribution is 5.61. The lowest BCUT2D eigenvalue weighted by atomic mass is 10.1. The Morgan fingerprint density at radius 1 is 1.46 bits per heavy atom. The van der Waals surface area contributed by atoms with Crippen molar-refractivity contribution in [1.29, 1.82) is 0 Å². The number of anilines is 2. The van der Waals surface area contributed by atoms with Crippen LogP contribution in [0, 0.1) is 5.82 Å². The molecule has 0 amide bonds. The Morgan fingerprint density at radius 2 is 2.21 bits per heavy atom. The van der Waals surface area contributed by atoms with Gasteiger partial charge in [0.05, 0.1) is 17.9 Å². The van der Waals surface area contributed by atoms with E-state index in [4.69, 9.17) is 5.73 Å². The molecule has 3 rings (SSSR count). The number of nitrogens with zero attached hydrogens (tertiary/aromatic N) is 3. The van der Waals surface area contributed by atoms with Gasteiger partial charge in [-0.05, 0) is 18.9 Å². The minimum Gasteiger partial charge on any atom is -0.394 e. The predicted octanol–water partition coefficient (Wildman–Crippen LogP) is 2.19. The lowest BCUT2D eigenvalue weighted by molar-refractivity contribution is -0.123. The summed E-state index contributed by atoms with van der Waals surface area (Å²) in [7, 11) is 0.